The third kappa shape index (κ3) is 32.3. The molecule has 0 aliphatic rings. The first-order valence-electron chi connectivity index (χ1n) is 21.1. The van der Waals surface area contributed by atoms with Crippen molar-refractivity contribution < 1.29 is 25.2 Å². The Balaban J connectivity index is 3.73. The van der Waals surface area contributed by atoms with Gasteiger partial charge in [-0.3, -0.25) is 4.79 Å². The summed E-state index contributed by atoms with van der Waals surface area (Å²) in [5.41, 5.74) is 0. The molecule has 0 heterocycles. The molecule has 4 atom stereocenters. The molecule has 0 fully saturated rings. The van der Waals surface area contributed by atoms with Gasteiger partial charge in [0.2, 0.25) is 5.91 Å². The number of nitrogens with one attached hydrogen (secondary N) is 1. The molecular formula is C42H83NO5. The van der Waals surface area contributed by atoms with Crippen molar-refractivity contribution in [3.05, 3.63) is 12.2 Å². The Bertz CT molecular complexity index is 687. The van der Waals surface area contributed by atoms with Crippen molar-refractivity contribution in [2.24, 2.45) is 0 Å². The number of amides is 1. The van der Waals surface area contributed by atoms with E-state index in [0.29, 0.717) is 12.8 Å². The summed E-state index contributed by atoms with van der Waals surface area (Å²) < 4.78 is 0. The Kier molecular flexibility index (Phi) is 36.6. The van der Waals surface area contributed by atoms with Crippen molar-refractivity contribution in [1.29, 1.82) is 0 Å². The summed E-state index contributed by atoms with van der Waals surface area (Å²) in [7, 11) is 0. The Morgan fingerprint density at radius 1 is 0.500 bits per heavy atom. The molecule has 0 bridgehead atoms. The Morgan fingerprint density at radius 3 is 1.29 bits per heavy atom. The van der Waals surface area contributed by atoms with Crippen LogP contribution in [0.4, 0.5) is 0 Å². The zero-order valence-corrected chi connectivity index (χ0v) is 32.0. The lowest BCUT2D eigenvalue weighted by atomic mass is 10.00. The van der Waals surface area contributed by atoms with E-state index >= 15 is 0 Å². The average molecular weight is 682 g/mol. The number of carbonyl (C=O) groups is 1. The van der Waals surface area contributed by atoms with E-state index < -0.39 is 30.3 Å². The first kappa shape index (κ1) is 47.0. The van der Waals surface area contributed by atoms with E-state index in [0.717, 1.165) is 38.5 Å². The minimum absolute atomic E-state index is 0.0590. The molecule has 6 heteroatoms. The van der Waals surface area contributed by atoms with Crippen LogP contribution >= 0.6 is 0 Å². The molecule has 0 aliphatic heterocycles. The number of unbranched alkanes of at least 4 members (excludes halogenated alkanes) is 26. The lowest BCUT2D eigenvalue weighted by Gasteiger charge is -2.24. The van der Waals surface area contributed by atoms with E-state index in [1.165, 1.54) is 148 Å². The van der Waals surface area contributed by atoms with E-state index in [1.54, 1.807) is 0 Å². The number of hydrogen-bond donors (Lipinski definition) is 5. The maximum Gasteiger partial charge on any atom is 0.249 e. The number of carbonyl (C=O) groups excluding carboxylic acids is 1. The first-order valence-corrected chi connectivity index (χ1v) is 21.1. The highest BCUT2D eigenvalue weighted by Gasteiger charge is 2.24. The summed E-state index contributed by atoms with van der Waals surface area (Å²) in [5.74, 6) is -0.510. The quantitative estimate of drug-likeness (QED) is 0.0329. The fourth-order valence-electron chi connectivity index (χ4n) is 6.56. The van der Waals surface area contributed by atoms with Crippen LogP contribution in [0.5, 0.6) is 0 Å². The van der Waals surface area contributed by atoms with Gasteiger partial charge >= 0.3 is 0 Å². The smallest absolute Gasteiger partial charge is 0.249 e. The third-order valence-corrected chi connectivity index (χ3v) is 9.93. The normalized spacial score (nSPS) is 14.4. The molecule has 0 rings (SSSR count). The van der Waals surface area contributed by atoms with Gasteiger partial charge < -0.3 is 25.7 Å². The van der Waals surface area contributed by atoms with E-state index in [2.05, 4.69) is 31.3 Å². The van der Waals surface area contributed by atoms with Crippen LogP contribution in [0.25, 0.3) is 0 Å². The first-order chi connectivity index (χ1) is 23.5. The Labute approximate surface area is 298 Å². The molecule has 286 valence electrons. The van der Waals surface area contributed by atoms with Gasteiger partial charge in [0.05, 0.1) is 24.9 Å². The van der Waals surface area contributed by atoms with Crippen LogP contribution in [0.1, 0.15) is 219 Å². The highest BCUT2D eigenvalue weighted by molar-refractivity contribution is 5.80. The Hall–Kier alpha value is -0.950. The Morgan fingerprint density at radius 2 is 0.875 bits per heavy atom. The number of rotatable bonds is 38. The minimum Gasteiger partial charge on any atom is -0.394 e. The molecule has 0 aromatic carbocycles. The molecule has 48 heavy (non-hydrogen) atoms. The second-order valence-electron chi connectivity index (χ2n) is 14.7. The molecule has 0 aromatic rings. The van der Waals surface area contributed by atoms with Gasteiger partial charge in [0.25, 0.3) is 0 Å². The molecule has 1 amide bonds. The van der Waals surface area contributed by atoms with Crippen molar-refractivity contribution in [2.45, 2.75) is 244 Å². The van der Waals surface area contributed by atoms with Gasteiger partial charge in [-0.15, -0.1) is 0 Å². The molecule has 0 aromatic heterocycles. The van der Waals surface area contributed by atoms with E-state index in [1.807, 2.05) is 0 Å². The molecule has 4 unspecified atom stereocenters. The summed E-state index contributed by atoms with van der Waals surface area (Å²) in [6.07, 6.45) is 39.1. The van der Waals surface area contributed by atoms with Gasteiger partial charge in [-0.1, -0.05) is 187 Å². The molecule has 0 radical (unpaired) electrons. The van der Waals surface area contributed by atoms with Crippen LogP contribution in [-0.4, -0.2) is 57.3 Å². The molecule has 6 nitrogen and oxygen atoms in total. The highest BCUT2D eigenvalue weighted by atomic mass is 16.3. The van der Waals surface area contributed by atoms with Crippen molar-refractivity contribution in [3.8, 4) is 0 Å². The molecule has 0 aliphatic carbocycles. The third-order valence-electron chi connectivity index (χ3n) is 9.93. The number of aliphatic hydroxyl groups is 4. The monoisotopic (exact) mass is 682 g/mol. The van der Waals surface area contributed by atoms with Crippen LogP contribution in [0.3, 0.4) is 0 Å². The zero-order chi connectivity index (χ0) is 35.3. The molecule has 0 saturated heterocycles. The van der Waals surface area contributed by atoms with E-state index in [-0.39, 0.29) is 13.0 Å². The lowest BCUT2D eigenvalue weighted by Crippen LogP contribution is -2.46. The standard InChI is InChI=1S/C42H83NO5/c1-3-5-7-9-11-13-15-17-18-19-20-21-22-23-25-27-29-31-33-35-40(46)42(48)43-38(37-44)36-41(47)39(45)34-32-30-28-26-24-16-14-12-10-8-6-4-2/h26,28,38-41,44-47H,3-25,27,29-37H2,1-2H3,(H,43,48). The predicted octanol–water partition coefficient (Wildman–Crippen LogP) is 10.6. The topological polar surface area (TPSA) is 110 Å². The van der Waals surface area contributed by atoms with Crippen molar-refractivity contribution in [2.75, 3.05) is 6.61 Å². The second kappa shape index (κ2) is 37.3. The zero-order valence-electron chi connectivity index (χ0n) is 32.0. The number of aliphatic hydroxyl groups excluding tert-OH is 4. The van der Waals surface area contributed by atoms with Crippen molar-refractivity contribution in [1.82, 2.24) is 5.32 Å². The van der Waals surface area contributed by atoms with Gasteiger partial charge in [-0.05, 0) is 44.9 Å². The van der Waals surface area contributed by atoms with E-state index in [4.69, 9.17) is 0 Å². The van der Waals surface area contributed by atoms with Gasteiger partial charge in [0, 0.05) is 0 Å². The minimum atomic E-state index is -1.11. The predicted molar refractivity (Wildman–Crippen MR) is 205 cm³/mol. The summed E-state index contributed by atoms with van der Waals surface area (Å²) >= 11 is 0. The molecule has 5 N–H and O–H groups in total. The largest absolute Gasteiger partial charge is 0.394 e. The fourth-order valence-corrected chi connectivity index (χ4v) is 6.56. The molecule has 0 spiro atoms. The van der Waals surface area contributed by atoms with Gasteiger partial charge in [0.15, 0.2) is 0 Å². The average Bonchev–Trinajstić information content (AvgIpc) is 3.09. The summed E-state index contributed by atoms with van der Waals surface area (Å²) in [6, 6.07) is -0.691. The summed E-state index contributed by atoms with van der Waals surface area (Å²) in [6.45, 7) is 4.18. The van der Waals surface area contributed by atoms with Gasteiger partial charge in [0.1, 0.15) is 6.10 Å². The second-order valence-corrected chi connectivity index (χ2v) is 14.7. The van der Waals surface area contributed by atoms with Crippen LogP contribution in [0, 0.1) is 0 Å². The van der Waals surface area contributed by atoms with Crippen LogP contribution in [0.15, 0.2) is 12.2 Å². The summed E-state index contributed by atoms with van der Waals surface area (Å²) in [5, 5.41) is 43.5. The summed E-state index contributed by atoms with van der Waals surface area (Å²) in [4.78, 5) is 12.5. The van der Waals surface area contributed by atoms with Gasteiger partial charge in [-0.2, -0.15) is 0 Å². The molecular weight excluding hydrogens is 598 g/mol. The highest BCUT2D eigenvalue weighted by Crippen LogP contribution is 2.16. The van der Waals surface area contributed by atoms with Crippen molar-refractivity contribution in [3.63, 3.8) is 0 Å². The van der Waals surface area contributed by atoms with Crippen LogP contribution < -0.4 is 5.32 Å². The van der Waals surface area contributed by atoms with Crippen LogP contribution in [-0.2, 0) is 4.79 Å². The maximum absolute atomic E-state index is 12.5. The SMILES string of the molecule is CCCCCCCCCC=CCCCC(O)C(O)CC(CO)NC(=O)C(O)CCCCCCCCCCCCCCCCCCCCC. The van der Waals surface area contributed by atoms with Gasteiger partial charge in [-0.25, -0.2) is 0 Å². The van der Waals surface area contributed by atoms with Crippen molar-refractivity contribution >= 4 is 5.91 Å². The van der Waals surface area contributed by atoms with Crippen LogP contribution in [0.2, 0.25) is 0 Å². The lowest BCUT2D eigenvalue weighted by molar-refractivity contribution is -0.131. The number of allylic oxidation sites excluding steroid dienone is 2. The number of hydrogen-bond acceptors (Lipinski definition) is 5. The molecule has 0 saturated carbocycles. The van der Waals surface area contributed by atoms with E-state index in [9.17, 15) is 25.2 Å². The fraction of sp³-hybridized carbons (Fsp3) is 0.929. The maximum atomic E-state index is 12.5.